The van der Waals surface area contributed by atoms with Gasteiger partial charge in [-0.2, -0.15) is 5.10 Å². The van der Waals surface area contributed by atoms with Crippen molar-refractivity contribution >= 4 is 40.3 Å². The first-order valence-electron chi connectivity index (χ1n) is 12.6. The Labute approximate surface area is 217 Å². The van der Waals surface area contributed by atoms with E-state index >= 15 is 0 Å². The third-order valence-corrected chi connectivity index (χ3v) is 8.16. The number of nitrogens with one attached hydrogen (secondary N) is 1. The maximum atomic E-state index is 13.4. The normalized spacial score (nSPS) is 21.6. The fourth-order valence-corrected chi connectivity index (χ4v) is 5.87. The minimum atomic E-state index is -1.02. The van der Waals surface area contributed by atoms with Crippen LogP contribution in [0.2, 0.25) is 0 Å². The molecule has 11 heteroatoms. The Bertz CT molecular complexity index is 1500. The second-order valence-corrected chi connectivity index (χ2v) is 10.4. The van der Waals surface area contributed by atoms with Gasteiger partial charge in [0.2, 0.25) is 11.8 Å². The van der Waals surface area contributed by atoms with Crippen LogP contribution in [0.1, 0.15) is 60.2 Å². The minimum Gasteiger partial charge on any atom is -0.465 e. The fraction of sp³-hybridized carbons (Fsp3) is 0.370. The molecule has 3 aliphatic heterocycles. The van der Waals surface area contributed by atoms with E-state index in [1.807, 2.05) is 13.0 Å². The van der Waals surface area contributed by atoms with E-state index in [-0.39, 0.29) is 30.2 Å². The summed E-state index contributed by atoms with van der Waals surface area (Å²) in [7, 11) is 0. The summed E-state index contributed by atoms with van der Waals surface area (Å²) in [5, 5.41) is 28.9. The summed E-state index contributed by atoms with van der Waals surface area (Å²) in [6, 6.07) is 8.02. The number of aliphatic hydroxyl groups excluding tert-OH is 1. The van der Waals surface area contributed by atoms with E-state index in [1.165, 1.54) is 9.80 Å². The molecule has 3 aromatic rings. The fourth-order valence-electron chi connectivity index (χ4n) is 5.87. The lowest BCUT2D eigenvalue weighted by atomic mass is 9.90. The maximum Gasteiger partial charge on any atom is 0.407 e. The molecule has 11 nitrogen and oxygen atoms in total. The van der Waals surface area contributed by atoms with Gasteiger partial charge >= 0.3 is 6.09 Å². The topological polar surface area (TPSA) is 145 Å². The van der Waals surface area contributed by atoms with Crippen LogP contribution in [0, 0.1) is 0 Å². The maximum absolute atomic E-state index is 13.4. The first-order chi connectivity index (χ1) is 18.2. The number of imide groups is 1. The zero-order valence-electron chi connectivity index (χ0n) is 20.8. The minimum absolute atomic E-state index is 0.160. The number of carbonyl (C=O) groups excluding carboxylic acids is 3. The quantitative estimate of drug-likeness (QED) is 0.451. The van der Waals surface area contributed by atoms with Crippen molar-refractivity contribution in [1.29, 1.82) is 0 Å². The molecule has 4 heterocycles. The molecule has 2 saturated heterocycles. The van der Waals surface area contributed by atoms with E-state index in [0.717, 1.165) is 0 Å². The predicted molar refractivity (Wildman–Crippen MR) is 136 cm³/mol. The number of hydrogen-bond donors (Lipinski definition) is 3. The summed E-state index contributed by atoms with van der Waals surface area (Å²) in [6.07, 6.45) is 3.09. The van der Waals surface area contributed by atoms with Crippen LogP contribution in [0.15, 0.2) is 42.7 Å². The summed E-state index contributed by atoms with van der Waals surface area (Å²) >= 11 is 0. The molecule has 2 atom stereocenters. The summed E-state index contributed by atoms with van der Waals surface area (Å²) in [6.45, 7) is 2.86. The SMILES string of the molecule is CC1(n2cc(C(O)c3ccc4c5c(cccc35)C(=O)N4C3CCC(=O)NC3=O)cn2)CCN(C(=O)O)CC1. The van der Waals surface area contributed by atoms with E-state index in [2.05, 4.69) is 10.4 Å². The highest BCUT2D eigenvalue weighted by molar-refractivity contribution is 6.27. The summed E-state index contributed by atoms with van der Waals surface area (Å²) in [4.78, 5) is 51.7. The van der Waals surface area contributed by atoms with Crippen LogP contribution in [0.5, 0.6) is 0 Å². The van der Waals surface area contributed by atoms with Crippen molar-refractivity contribution in [3.8, 4) is 0 Å². The largest absolute Gasteiger partial charge is 0.465 e. The molecule has 196 valence electrons. The second kappa shape index (κ2) is 8.66. The Morgan fingerprint density at radius 3 is 2.63 bits per heavy atom. The smallest absolute Gasteiger partial charge is 0.407 e. The number of likely N-dealkylation sites (tertiary alicyclic amines) is 1. The molecule has 2 aromatic carbocycles. The second-order valence-electron chi connectivity index (χ2n) is 10.4. The molecule has 3 N–H and O–H groups in total. The lowest BCUT2D eigenvalue weighted by molar-refractivity contribution is -0.134. The molecule has 4 amide bonds. The van der Waals surface area contributed by atoms with Gasteiger partial charge in [-0.15, -0.1) is 0 Å². The third kappa shape index (κ3) is 3.65. The third-order valence-electron chi connectivity index (χ3n) is 8.16. The predicted octanol–water partition coefficient (Wildman–Crippen LogP) is 2.37. The molecule has 0 spiro atoms. The van der Waals surface area contributed by atoms with Gasteiger partial charge in [-0.25, -0.2) is 4.79 Å². The number of anilines is 1. The molecule has 2 unspecified atom stereocenters. The van der Waals surface area contributed by atoms with Crippen molar-refractivity contribution in [3.05, 3.63) is 59.4 Å². The van der Waals surface area contributed by atoms with Gasteiger partial charge in [0.05, 0.1) is 17.4 Å². The number of aliphatic hydroxyl groups is 1. The number of carbonyl (C=O) groups is 4. The Hall–Kier alpha value is -4.25. The summed E-state index contributed by atoms with van der Waals surface area (Å²) < 4.78 is 1.80. The molecule has 0 radical (unpaired) electrons. The lowest BCUT2D eigenvalue weighted by Crippen LogP contribution is -2.53. The van der Waals surface area contributed by atoms with E-state index in [9.17, 15) is 29.4 Å². The molecule has 0 saturated carbocycles. The average Bonchev–Trinajstić information content (AvgIpc) is 3.50. The first-order valence-corrected chi connectivity index (χ1v) is 12.6. The van der Waals surface area contributed by atoms with Gasteiger partial charge in [0.25, 0.3) is 5.91 Å². The highest BCUT2D eigenvalue weighted by Crippen LogP contribution is 2.43. The van der Waals surface area contributed by atoms with Crippen LogP contribution in [-0.4, -0.2) is 67.8 Å². The Kier molecular flexibility index (Phi) is 5.49. The van der Waals surface area contributed by atoms with Crippen molar-refractivity contribution < 1.29 is 29.4 Å². The van der Waals surface area contributed by atoms with Crippen molar-refractivity contribution in [2.75, 3.05) is 18.0 Å². The van der Waals surface area contributed by atoms with Crippen LogP contribution in [-0.2, 0) is 15.1 Å². The summed E-state index contributed by atoms with van der Waals surface area (Å²) in [5.41, 5.74) is 1.85. The molecule has 38 heavy (non-hydrogen) atoms. The number of amides is 4. The highest BCUT2D eigenvalue weighted by Gasteiger charge is 2.41. The number of carboxylic acid groups (broad SMARTS) is 1. The van der Waals surface area contributed by atoms with Crippen LogP contribution in [0.25, 0.3) is 10.8 Å². The highest BCUT2D eigenvalue weighted by atomic mass is 16.4. The number of piperidine rings is 2. The average molecular weight is 518 g/mol. The molecule has 6 rings (SSSR count). The van der Waals surface area contributed by atoms with Crippen molar-refractivity contribution in [3.63, 3.8) is 0 Å². The molecular weight excluding hydrogens is 490 g/mol. The van der Waals surface area contributed by atoms with E-state index in [1.54, 1.807) is 41.3 Å². The van der Waals surface area contributed by atoms with Gasteiger partial charge in [-0.3, -0.25) is 29.3 Å². The molecule has 0 bridgehead atoms. The van der Waals surface area contributed by atoms with Crippen LogP contribution >= 0.6 is 0 Å². The number of aromatic nitrogens is 2. The van der Waals surface area contributed by atoms with Gasteiger partial charge in [-0.05, 0) is 49.3 Å². The van der Waals surface area contributed by atoms with Crippen molar-refractivity contribution in [2.24, 2.45) is 0 Å². The van der Waals surface area contributed by atoms with E-state index < -0.39 is 24.1 Å². The van der Waals surface area contributed by atoms with E-state index in [0.29, 0.717) is 59.1 Å². The van der Waals surface area contributed by atoms with Gasteiger partial charge < -0.3 is 15.1 Å². The summed E-state index contributed by atoms with van der Waals surface area (Å²) in [5.74, 6) is -1.14. The van der Waals surface area contributed by atoms with Gasteiger partial charge in [0, 0.05) is 42.2 Å². The molecule has 3 aliphatic rings. The Morgan fingerprint density at radius 2 is 1.92 bits per heavy atom. The molecule has 2 fully saturated rings. The standard InChI is InChI=1S/C27H27N5O6/c1-27(9-11-30(12-10-27)26(37)38)31-14-15(13-28-31)23(34)17-5-6-19-22-16(17)3-2-4-18(22)25(36)32(19)20-7-8-21(33)29-24(20)35/h2-6,13-14,20,23,34H,7-12H2,1H3,(H,37,38)(H,29,33,35). The lowest BCUT2D eigenvalue weighted by Gasteiger charge is -2.38. The number of nitrogens with zero attached hydrogens (tertiary/aromatic N) is 4. The first kappa shape index (κ1) is 24.1. The van der Waals surface area contributed by atoms with E-state index in [4.69, 9.17) is 0 Å². The van der Waals surface area contributed by atoms with Gasteiger partial charge in [-0.1, -0.05) is 18.2 Å². The Morgan fingerprint density at radius 1 is 1.16 bits per heavy atom. The van der Waals surface area contributed by atoms with Crippen molar-refractivity contribution in [1.82, 2.24) is 20.0 Å². The van der Waals surface area contributed by atoms with Crippen molar-refractivity contribution in [2.45, 2.75) is 50.3 Å². The van der Waals surface area contributed by atoms with Crippen LogP contribution in [0.3, 0.4) is 0 Å². The Balaban J connectivity index is 1.32. The zero-order chi connectivity index (χ0) is 26.8. The molecule has 0 aliphatic carbocycles. The molecular formula is C27H27N5O6. The van der Waals surface area contributed by atoms with Gasteiger partial charge in [0.15, 0.2) is 0 Å². The monoisotopic (exact) mass is 517 g/mol. The molecule has 1 aromatic heterocycles. The van der Waals surface area contributed by atoms with Crippen LogP contribution < -0.4 is 10.2 Å². The number of hydrogen-bond acceptors (Lipinski definition) is 6. The zero-order valence-corrected chi connectivity index (χ0v) is 20.8. The van der Waals surface area contributed by atoms with Gasteiger partial charge in [0.1, 0.15) is 12.1 Å². The number of benzene rings is 2. The van der Waals surface area contributed by atoms with Crippen LogP contribution in [0.4, 0.5) is 10.5 Å². The number of rotatable bonds is 4.